The van der Waals surface area contributed by atoms with Crippen LogP contribution in [0.2, 0.25) is 0 Å². The average Bonchev–Trinajstić information content (AvgIpc) is 2.82. The molecule has 3 nitrogen and oxygen atoms in total. The van der Waals surface area contributed by atoms with Crippen LogP contribution in [-0.4, -0.2) is 16.5 Å². The summed E-state index contributed by atoms with van der Waals surface area (Å²) >= 11 is 6.84. The van der Waals surface area contributed by atoms with Crippen LogP contribution in [0, 0.1) is 6.92 Å². The number of halogens is 1. The van der Waals surface area contributed by atoms with Crippen LogP contribution in [0.5, 0.6) is 0 Å². The van der Waals surface area contributed by atoms with Gasteiger partial charge in [-0.25, -0.2) is 9.97 Å². The van der Waals surface area contributed by atoms with Crippen molar-refractivity contribution in [1.29, 1.82) is 0 Å². The second kappa shape index (κ2) is 6.34. The van der Waals surface area contributed by atoms with E-state index in [1.165, 1.54) is 9.77 Å². The monoisotopic (exact) mass is 379 g/mol. The molecule has 0 aliphatic heterocycles. The van der Waals surface area contributed by atoms with Gasteiger partial charge in [0.1, 0.15) is 9.86 Å². The number of aromatic nitrogens is 2. The molecule has 3 rings (SSSR count). The minimum absolute atomic E-state index is 0.700. The lowest BCUT2D eigenvalue weighted by atomic mass is 10.4. The van der Waals surface area contributed by atoms with Crippen molar-refractivity contribution < 1.29 is 0 Å². The Hall–Kier alpha value is -1.11. The van der Waals surface area contributed by atoms with Crippen LogP contribution in [0.4, 0.5) is 5.95 Å². The zero-order chi connectivity index (χ0) is 14.8. The first kappa shape index (κ1) is 14.8. The quantitative estimate of drug-likeness (QED) is 0.620. The summed E-state index contributed by atoms with van der Waals surface area (Å²) in [5.74, 6) is 0.700. The van der Waals surface area contributed by atoms with E-state index >= 15 is 0 Å². The fourth-order valence-electron chi connectivity index (χ4n) is 1.95. The van der Waals surface area contributed by atoms with Gasteiger partial charge in [0.2, 0.25) is 5.95 Å². The number of thiophene rings is 1. The zero-order valence-electron chi connectivity index (χ0n) is 11.7. The molecule has 0 atom stereocenters. The van der Waals surface area contributed by atoms with Crippen molar-refractivity contribution >= 4 is 55.2 Å². The van der Waals surface area contributed by atoms with Gasteiger partial charge in [-0.2, -0.15) is 0 Å². The Labute approximate surface area is 140 Å². The Bertz CT molecular complexity index is 768. The number of benzene rings is 1. The highest BCUT2D eigenvalue weighted by Crippen LogP contribution is 2.36. The molecule has 0 aliphatic rings. The fourth-order valence-corrected chi connectivity index (χ4v) is 4.05. The summed E-state index contributed by atoms with van der Waals surface area (Å²) in [6.07, 6.45) is 0. The maximum absolute atomic E-state index is 4.66. The summed E-state index contributed by atoms with van der Waals surface area (Å²) in [5.41, 5.74) is 0. The summed E-state index contributed by atoms with van der Waals surface area (Å²) < 4.78 is 1.08. The Morgan fingerprint density at radius 1 is 1.24 bits per heavy atom. The van der Waals surface area contributed by atoms with Crippen LogP contribution >= 0.6 is 39.0 Å². The molecule has 0 spiro atoms. The lowest BCUT2D eigenvalue weighted by molar-refractivity contribution is 1.05. The molecule has 0 bridgehead atoms. The van der Waals surface area contributed by atoms with Crippen LogP contribution in [0.15, 0.2) is 44.7 Å². The van der Waals surface area contributed by atoms with Crippen molar-refractivity contribution in [2.45, 2.75) is 23.8 Å². The van der Waals surface area contributed by atoms with Gasteiger partial charge < -0.3 is 5.32 Å². The summed E-state index contributed by atoms with van der Waals surface area (Å²) in [4.78, 5) is 12.7. The second-order valence-electron chi connectivity index (χ2n) is 4.51. The van der Waals surface area contributed by atoms with E-state index in [9.17, 15) is 0 Å². The molecule has 0 aliphatic carbocycles. The topological polar surface area (TPSA) is 37.8 Å². The molecule has 2 aromatic heterocycles. The molecule has 108 valence electrons. The number of hydrogen-bond donors (Lipinski definition) is 1. The molecule has 0 fully saturated rings. The minimum atomic E-state index is 0.700. The van der Waals surface area contributed by atoms with Gasteiger partial charge in [0, 0.05) is 26.2 Å². The second-order valence-corrected chi connectivity index (χ2v) is 7.73. The maximum Gasteiger partial charge on any atom is 0.225 e. The number of nitrogens with one attached hydrogen (secondary N) is 1. The number of nitrogens with zero attached hydrogens (tertiary/aromatic N) is 2. The van der Waals surface area contributed by atoms with Gasteiger partial charge in [-0.05, 0) is 44.2 Å². The molecular weight excluding hydrogens is 366 g/mol. The number of fused-ring (bicyclic) bond motifs is 1. The summed E-state index contributed by atoms with van der Waals surface area (Å²) in [6, 6.07) is 10.4. The average molecular weight is 380 g/mol. The molecule has 3 aromatic rings. The molecule has 0 saturated heterocycles. The van der Waals surface area contributed by atoms with E-state index in [1.54, 1.807) is 23.1 Å². The van der Waals surface area contributed by atoms with Gasteiger partial charge >= 0.3 is 0 Å². The zero-order valence-corrected chi connectivity index (χ0v) is 14.9. The van der Waals surface area contributed by atoms with Crippen molar-refractivity contribution in [3.63, 3.8) is 0 Å². The number of anilines is 1. The maximum atomic E-state index is 4.66. The van der Waals surface area contributed by atoms with Crippen LogP contribution in [-0.2, 0) is 0 Å². The molecule has 0 radical (unpaired) electrons. The van der Waals surface area contributed by atoms with Crippen molar-refractivity contribution in [3.05, 3.63) is 39.7 Å². The smallest absolute Gasteiger partial charge is 0.225 e. The fraction of sp³-hybridized carbons (Fsp3) is 0.200. The van der Waals surface area contributed by atoms with E-state index in [0.29, 0.717) is 5.95 Å². The highest BCUT2D eigenvalue weighted by Gasteiger charge is 2.11. The first-order valence-corrected chi connectivity index (χ1v) is 9.04. The van der Waals surface area contributed by atoms with Crippen molar-refractivity contribution in [2.24, 2.45) is 0 Å². The predicted molar refractivity (Wildman–Crippen MR) is 94.6 cm³/mol. The van der Waals surface area contributed by atoms with Gasteiger partial charge in [0.25, 0.3) is 0 Å². The third-order valence-electron chi connectivity index (χ3n) is 2.84. The van der Waals surface area contributed by atoms with Crippen LogP contribution in [0.3, 0.4) is 0 Å². The third kappa shape index (κ3) is 3.39. The van der Waals surface area contributed by atoms with Crippen molar-refractivity contribution in [3.8, 4) is 0 Å². The lowest BCUT2D eigenvalue weighted by Crippen LogP contribution is -2.02. The van der Waals surface area contributed by atoms with E-state index in [1.807, 2.05) is 12.1 Å². The molecular formula is C15H14BrN3S2. The standard InChI is InChI=1S/C15H14BrN3S2/c1-3-17-15-18-13-12(8-9(2)20-13)14(19-15)21-11-6-4-10(16)5-7-11/h4-8H,3H2,1-2H3,(H,17,18,19). The van der Waals surface area contributed by atoms with Crippen LogP contribution in [0.1, 0.15) is 11.8 Å². The summed E-state index contributed by atoms with van der Waals surface area (Å²) in [5, 5.41) is 5.34. The number of aryl methyl sites for hydroxylation is 1. The van der Waals surface area contributed by atoms with E-state index in [4.69, 9.17) is 0 Å². The van der Waals surface area contributed by atoms with Gasteiger partial charge in [-0.1, -0.05) is 27.7 Å². The first-order valence-electron chi connectivity index (χ1n) is 6.61. The predicted octanol–water partition coefficient (Wildman–Crippen LogP) is 5.35. The van der Waals surface area contributed by atoms with Crippen LogP contribution < -0.4 is 5.32 Å². The van der Waals surface area contributed by atoms with E-state index in [2.05, 4.69) is 63.3 Å². The molecule has 1 aromatic carbocycles. The van der Waals surface area contributed by atoms with E-state index < -0.39 is 0 Å². The minimum Gasteiger partial charge on any atom is -0.354 e. The SMILES string of the molecule is CCNc1nc(Sc2ccc(Br)cc2)c2cc(C)sc2n1. The molecule has 21 heavy (non-hydrogen) atoms. The largest absolute Gasteiger partial charge is 0.354 e. The molecule has 6 heteroatoms. The molecule has 2 heterocycles. The number of rotatable bonds is 4. The Morgan fingerprint density at radius 3 is 2.71 bits per heavy atom. The molecule has 0 saturated carbocycles. The first-order chi connectivity index (χ1) is 10.2. The van der Waals surface area contributed by atoms with Crippen molar-refractivity contribution in [1.82, 2.24) is 9.97 Å². The normalized spacial score (nSPS) is 11.0. The van der Waals surface area contributed by atoms with Crippen molar-refractivity contribution in [2.75, 3.05) is 11.9 Å². The summed E-state index contributed by atoms with van der Waals surface area (Å²) in [7, 11) is 0. The highest BCUT2D eigenvalue weighted by atomic mass is 79.9. The lowest BCUT2D eigenvalue weighted by Gasteiger charge is -2.06. The van der Waals surface area contributed by atoms with Gasteiger partial charge in [0.05, 0.1) is 0 Å². The third-order valence-corrected chi connectivity index (χ3v) is 5.33. The van der Waals surface area contributed by atoms with E-state index in [-0.39, 0.29) is 0 Å². The Kier molecular flexibility index (Phi) is 4.47. The summed E-state index contributed by atoms with van der Waals surface area (Å²) in [6.45, 7) is 4.97. The highest BCUT2D eigenvalue weighted by molar-refractivity contribution is 9.10. The van der Waals surface area contributed by atoms with E-state index in [0.717, 1.165) is 26.3 Å². The van der Waals surface area contributed by atoms with Gasteiger partial charge in [-0.3, -0.25) is 0 Å². The molecule has 0 unspecified atom stereocenters. The molecule has 0 amide bonds. The Balaban J connectivity index is 2.04. The van der Waals surface area contributed by atoms with Gasteiger partial charge in [0.15, 0.2) is 0 Å². The van der Waals surface area contributed by atoms with Gasteiger partial charge in [-0.15, -0.1) is 11.3 Å². The Morgan fingerprint density at radius 2 is 2.00 bits per heavy atom. The number of hydrogen-bond acceptors (Lipinski definition) is 5. The van der Waals surface area contributed by atoms with Crippen LogP contribution in [0.25, 0.3) is 10.2 Å². The molecule has 1 N–H and O–H groups in total.